The van der Waals surface area contributed by atoms with Gasteiger partial charge >= 0.3 is 5.97 Å². The van der Waals surface area contributed by atoms with E-state index in [1.165, 1.54) is 0 Å². The molecule has 0 aliphatic rings. The zero-order valence-electron chi connectivity index (χ0n) is 13.8. The van der Waals surface area contributed by atoms with Gasteiger partial charge in [0.25, 0.3) is 0 Å². The lowest BCUT2D eigenvalue weighted by atomic mass is 10.1. The minimum atomic E-state index is -0.902. The van der Waals surface area contributed by atoms with Gasteiger partial charge in [-0.15, -0.1) is 0 Å². The van der Waals surface area contributed by atoms with Crippen LogP contribution in [0.1, 0.15) is 25.0 Å². The summed E-state index contributed by atoms with van der Waals surface area (Å²) in [7, 11) is 0. The number of carboxylic acids is 1. The molecular formula is C19H21NO4. The van der Waals surface area contributed by atoms with Crippen molar-refractivity contribution in [3.63, 3.8) is 0 Å². The van der Waals surface area contributed by atoms with Crippen molar-refractivity contribution in [1.29, 1.82) is 0 Å². The van der Waals surface area contributed by atoms with Crippen LogP contribution in [0, 0.1) is 0 Å². The van der Waals surface area contributed by atoms with Gasteiger partial charge in [0.1, 0.15) is 5.75 Å². The van der Waals surface area contributed by atoms with Crippen molar-refractivity contribution in [3.8, 4) is 5.75 Å². The molecule has 0 aliphatic heterocycles. The number of anilines is 1. The Bertz CT molecular complexity index is 725. The van der Waals surface area contributed by atoms with Crippen LogP contribution in [0.5, 0.6) is 5.75 Å². The summed E-state index contributed by atoms with van der Waals surface area (Å²) in [5, 5.41) is 11.6. The first kappa shape index (κ1) is 17.5. The van der Waals surface area contributed by atoms with E-state index in [0.29, 0.717) is 11.3 Å². The van der Waals surface area contributed by atoms with Crippen LogP contribution in [0.4, 0.5) is 5.69 Å². The van der Waals surface area contributed by atoms with Crippen LogP contribution in [-0.2, 0) is 22.4 Å². The minimum Gasteiger partial charge on any atom is -0.491 e. The number of rotatable bonds is 7. The summed E-state index contributed by atoms with van der Waals surface area (Å²) in [5.74, 6) is -0.330. The number of aliphatic carboxylic acids is 1. The fourth-order valence-electron chi connectivity index (χ4n) is 2.33. The van der Waals surface area contributed by atoms with Crippen LogP contribution in [0.2, 0.25) is 0 Å². The van der Waals surface area contributed by atoms with Gasteiger partial charge in [0.05, 0.1) is 18.9 Å². The van der Waals surface area contributed by atoms with Crippen LogP contribution in [0.25, 0.3) is 0 Å². The molecule has 0 saturated carbocycles. The molecule has 2 rings (SSSR count). The number of ether oxygens (including phenoxy) is 1. The molecule has 0 fully saturated rings. The van der Waals surface area contributed by atoms with Crippen molar-refractivity contribution in [2.24, 2.45) is 0 Å². The molecule has 24 heavy (non-hydrogen) atoms. The molecule has 0 spiro atoms. The third-order valence-corrected chi connectivity index (χ3v) is 3.20. The Labute approximate surface area is 141 Å². The van der Waals surface area contributed by atoms with E-state index in [4.69, 9.17) is 9.84 Å². The van der Waals surface area contributed by atoms with Gasteiger partial charge in [0, 0.05) is 5.69 Å². The molecule has 1 amide bonds. The second kappa shape index (κ2) is 8.15. The monoisotopic (exact) mass is 327 g/mol. The number of nitrogens with one attached hydrogen (secondary N) is 1. The molecule has 0 radical (unpaired) electrons. The number of carbonyl (C=O) groups excluding carboxylic acids is 1. The number of benzene rings is 2. The molecular weight excluding hydrogens is 306 g/mol. The van der Waals surface area contributed by atoms with Crippen molar-refractivity contribution >= 4 is 17.6 Å². The molecule has 5 nitrogen and oxygen atoms in total. The normalized spacial score (nSPS) is 10.5. The van der Waals surface area contributed by atoms with E-state index in [0.717, 1.165) is 11.3 Å². The zero-order valence-corrected chi connectivity index (χ0v) is 13.8. The smallest absolute Gasteiger partial charge is 0.307 e. The predicted octanol–water partition coefficient (Wildman–Crippen LogP) is 3.28. The van der Waals surface area contributed by atoms with Crippen molar-refractivity contribution in [2.45, 2.75) is 32.8 Å². The second-order valence-corrected chi connectivity index (χ2v) is 5.81. The first-order valence-electron chi connectivity index (χ1n) is 7.78. The fourth-order valence-corrected chi connectivity index (χ4v) is 2.33. The van der Waals surface area contributed by atoms with Gasteiger partial charge in [-0.3, -0.25) is 9.59 Å². The minimum absolute atomic E-state index is 0.0711. The summed E-state index contributed by atoms with van der Waals surface area (Å²) < 4.78 is 5.62. The third-order valence-electron chi connectivity index (χ3n) is 3.20. The largest absolute Gasteiger partial charge is 0.491 e. The number of hydrogen-bond donors (Lipinski definition) is 2. The maximum atomic E-state index is 12.2. The molecule has 5 heteroatoms. The van der Waals surface area contributed by atoms with E-state index >= 15 is 0 Å². The van der Waals surface area contributed by atoms with E-state index in [9.17, 15) is 9.59 Å². The molecule has 0 unspecified atom stereocenters. The fraction of sp³-hybridized carbons (Fsp3) is 0.263. The van der Waals surface area contributed by atoms with Crippen molar-refractivity contribution in [3.05, 3.63) is 59.7 Å². The number of carboxylic acid groups (broad SMARTS) is 1. The Balaban J connectivity index is 1.99. The predicted molar refractivity (Wildman–Crippen MR) is 92.3 cm³/mol. The van der Waals surface area contributed by atoms with Crippen LogP contribution in [0.3, 0.4) is 0 Å². The highest BCUT2D eigenvalue weighted by Gasteiger charge is 2.07. The summed E-state index contributed by atoms with van der Waals surface area (Å²) in [6, 6.07) is 14.3. The second-order valence-electron chi connectivity index (χ2n) is 5.81. The van der Waals surface area contributed by atoms with Crippen LogP contribution < -0.4 is 10.1 Å². The Hall–Kier alpha value is -2.82. The molecule has 0 aromatic heterocycles. The Morgan fingerprint density at radius 2 is 1.71 bits per heavy atom. The summed E-state index contributed by atoms with van der Waals surface area (Å²) >= 11 is 0. The topological polar surface area (TPSA) is 75.6 Å². The maximum absolute atomic E-state index is 12.2. The first-order valence-corrected chi connectivity index (χ1v) is 7.78. The van der Waals surface area contributed by atoms with Crippen molar-refractivity contribution < 1.29 is 19.4 Å². The lowest BCUT2D eigenvalue weighted by Gasteiger charge is -2.11. The van der Waals surface area contributed by atoms with Crippen molar-refractivity contribution in [1.82, 2.24) is 0 Å². The van der Waals surface area contributed by atoms with Gasteiger partial charge in [-0.2, -0.15) is 0 Å². The quantitative estimate of drug-likeness (QED) is 0.818. The lowest BCUT2D eigenvalue weighted by Crippen LogP contribution is -2.15. The van der Waals surface area contributed by atoms with Gasteiger partial charge in [-0.1, -0.05) is 24.3 Å². The van der Waals surface area contributed by atoms with Crippen LogP contribution in [-0.4, -0.2) is 23.1 Å². The summed E-state index contributed by atoms with van der Waals surface area (Å²) in [6.07, 6.45) is 0.225. The highest BCUT2D eigenvalue weighted by molar-refractivity contribution is 5.92. The van der Waals surface area contributed by atoms with Crippen LogP contribution >= 0.6 is 0 Å². The molecule has 0 atom stereocenters. The average Bonchev–Trinajstić information content (AvgIpc) is 2.46. The average molecular weight is 327 g/mol. The Kier molecular flexibility index (Phi) is 5.95. The zero-order chi connectivity index (χ0) is 17.5. The van der Waals surface area contributed by atoms with Gasteiger partial charge in [-0.05, 0) is 49.2 Å². The summed E-state index contributed by atoms with van der Waals surface area (Å²) in [5.41, 5.74) is 2.09. The lowest BCUT2D eigenvalue weighted by molar-refractivity contribution is -0.136. The van der Waals surface area contributed by atoms with Gasteiger partial charge in [-0.25, -0.2) is 0 Å². The summed E-state index contributed by atoms with van der Waals surface area (Å²) in [4.78, 5) is 22.9. The molecule has 126 valence electrons. The molecule has 2 N–H and O–H groups in total. The Morgan fingerprint density at radius 1 is 1.04 bits per heavy atom. The van der Waals surface area contributed by atoms with Crippen LogP contribution in [0.15, 0.2) is 48.5 Å². The number of hydrogen-bond acceptors (Lipinski definition) is 3. The van der Waals surface area contributed by atoms with Gasteiger partial charge in [0.2, 0.25) is 5.91 Å². The van der Waals surface area contributed by atoms with E-state index in [1.807, 2.05) is 38.1 Å². The third kappa shape index (κ3) is 5.76. The number of amides is 1. The highest BCUT2D eigenvalue weighted by Crippen LogP contribution is 2.16. The molecule has 0 bridgehead atoms. The standard InChI is InChI=1S/C19H21NO4/c1-13(2)24-17-8-4-6-15(10-17)11-18(21)20-16-7-3-5-14(9-16)12-19(22)23/h3-10,13H,11-12H2,1-2H3,(H,20,21)(H,22,23). The van der Waals surface area contributed by atoms with E-state index in [1.54, 1.807) is 24.3 Å². The highest BCUT2D eigenvalue weighted by atomic mass is 16.5. The molecule has 0 saturated heterocycles. The molecule has 2 aromatic carbocycles. The van der Waals surface area contributed by atoms with Gasteiger partial charge in [0.15, 0.2) is 0 Å². The van der Waals surface area contributed by atoms with Crippen molar-refractivity contribution in [2.75, 3.05) is 5.32 Å². The van der Waals surface area contributed by atoms with E-state index in [-0.39, 0.29) is 24.9 Å². The Morgan fingerprint density at radius 3 is 2.38 bits per heavy atom. The molecule has 0 heterocycles. The van der Waals surface area contributed by atoms with E-state index in [2.05, 4.69) is 5.32 Å². The summed E-state index contributed by atoms with van der Waals surface area (Å²) in [6.45, 7) is 3.90. The van der Waals surface area contributed by atoms with Gasteiger partial charge < -0.3 is 15.2 Å². The van der Waals surface area contributed by atoms with E-state index < -0.39 is 5.97 Å². The number of carbonyl (C=O) groups is 2. The SMILES string of the molecule is CC(C)Oc1cccc(CC(=O)Nc2cccc(CC(=O)O)c2)c1. The maximum Gasteiger partial charge on any atom is 0.307 e. The molecule has 2 aromatic rings. The first-order chi connectivity index (χ1) is 11.4. The molecule has 0 aliphatic carbocycles.